The van der Waals surface area contributed by atoms with Crippen LogP contribution in [0.4, 0.5) is 5.95 Å². The van der Waals surface area contributed by atoms with Crippen molar-refractivity contribution in [2.24, 2.45) is 5.73 Å². The Kier molecular flexibility index (Phi) is 9.38. The van der Waals surface area contributed by atoms with Crippen LogP contribution in [0.3, 0.4) is 0 Å². The van der Waals surface area contributed by atoms with Crippen molar-refractivity contribution in [3.63, 3.8) is 0 Å². The molecule has 3 heterocycles. The van der Waals surface area contributed by atoms with Crippen molar-refractivity contribution < 1.29 is 23.9 Å². The van der Waals surface area contributed by atoms with Gasteiger partial charge in [-0.15, -0.1) is 0 Å². The number of hydrogen-bond acceptors (Lipinski definition) is 8. The number of carbonyl (C=O) groups excluding carboxylic acids is 3. The monoisotopic (exact) mass is 554 g/mol. The van der Waals surface area contributed by atoms with Crippen molar-refractivity contribution in [2.75, 3.05) is 45.2 Å². The number of anilines is 1. The van der Waals surface area contributed by atoms with Crippen LogP contribution in [-0.4, -0.2) is 88.0 Å². The molecule has 4 N–H and O–H groups in total. The zero-order valence-electron chi connectivity index (χ0n) is 23.5. The number of aryl methyl sites for hydroxylation is 3. The Morgan fingerprint density at radius 2 is 1.95 bits per heavy atom. The van der Waals surface area contributed by atoms with E-state index in [1.807, 2.05) is 30.2 Å². The van der Waals surface area contributed by atoms with Crippen LogP contribution in [0.5, 0.6) is 5.75 Å². The quantitative estimate of drug-likeness (QED) is 0.253. The van der Waals surface area contributed by atoms with Gasteiger partial charge in [0.25, 0.3) is 5.91 Å². The minimum absolute atomic E-state index is 0.0475. The number of amides is 3. The largest absolute Gasteiger partial charge is 0.491 e. The van der Waals surface area contributed by atoms with Gasteiger partial charge in [0, 0.05) is 45.4 Å². The van der Waals surface area contributed by atoms with Gasteiger partial charge in [-0.05, 0) is 44.9 Å². The van der Waals surface area contributed by atoms with E-state index >= 15 is 0 Å². The summed E-state index contributed by atoms with van der Waals surface area (Å²) in [4.78, 5) is 44.0. The highest BCUT2D eigenvalue weighted by molar-refractivity contribution is 6.04. The van der Waals surface area contributed by atoms with E-state index in [4.69, 9.17) is 15.2 Å². The maximum absolute atomic E-state index is 13.1. The number of rotatable bonds is 14. The number of nitrogens with two attached hydrogens (primary N) is 1. The lowest BCUT2D eigenvalue weighted by atomic mass is 10.1. The number of imidazole rings is 1. The predicted molar refractivity (Wildman–Crippen MR) is 149 cm³/mol. The van der Waals surface area contributed by atoms with Gasteiger partial charge in [0.15, 0.2) is 0 Å². The number of aromatic nitrogens is 4. The highest BCUT2D eigenvalue weighted by Gasteiger charge is 2.27. The molecule has 40 heavy (non-hydrogen) atoms. The molecule has 13 nitrogen and oxygen atoms in total. The lowest BCUT2D eigenvalue weighted by molar-refractivity contribution is -0.125. The summed E-state index contributed by atoms with van der Waals surface area (Å²) in [5, 5.41) is 10.2. The van der Waals surface area contributed by atoms with E-state index in [1.165, 1.54) is 0 Å². The average molecular weight is 555 g/mol. The Labute approximate surface area is 233 Å². The van der Waals surface area contributed by atoms with E-state index in [0.29, 0.717) is 67.6 Å². The Morgan fingerprint density at radius 1 is 1.18 bits per heavy atom. The number of nitrogens with one attached hydrogen (secondary N) is 2. The molecule has 1 saturated heterocycles. The summed E-state index contributed by atoms with van der Waals surface area (Å²) < 4.78 is 14.8. The van der Waals surface area contributed by atoms with Crippen molar-refractivity contribution in [1.82, 2.24) is 29.5 Å². The van der Waals surface area contributed by atoms with Crippen molar-refractivity contribution in [3.05, 3.63) is 35.2 Å². The zero-order chi connectivity index (χ0) is 28.8. The van der Waals surface area contributed by atoms with Gasteiger partial charge in [-0.1, -0.05) is 6.92 Å². The topological polar surface area (TPSA) is 159 Å². The number of carbonyl (C=O) groups is 3. The van der Waals surface area contributed by atoms with Crippen LogP contribution in [0.25, 0.3) is 11.0 Å². The van der Waals surface area contributed by atoms with E-state index in [9.17, 15) is 14.4 Å². The third-order valence-electron chi connectivity index (χ3n) is 6.72. The third kappa shape index (κ3) is 6.59. The number of nitrogens with zero attached hydrogens (tertiary/aromatic N) is 5. The maximum Gasteiger partial charge on any atom is 0.276 e. The molecule has 1 aliphatic rings. The fraction of sp³-hybridized carbons (Fsp3) is 0.519. The first-order valence-electron chi connectivity index (χ1n) is 13.6. The number of benzene rings is 1. The summed E-state index contributed by atoms with van der Waals surface area (Å²) in [6.45, 7) is 9.47. The summed E-state index contributed by atoms with van der Waals surface area (Å²) in [5.41, 5.74) is 8.13. The highest BCUT2D eigenvalue weighted by atomic mass is 16.5. The fourth-order valence-electron chi connectivity index (χ4n) is 4.70. The van der Waals surface area contributed by atoms with Crippen molar-refractivity contribution >= 4 is 34.7 Å². The van der Waals surface area contributed by atoms with Gasteiger partial charge in [-0.25, -0.2) is 4.98 Å². The van der Waals surface area contributed by atoms with Crippen LogP contribution >= 0.6 is 0 Å². The van der Waals surface area contributed by atoms with E-state index in [-0.39, 0.29) is 23.5 Å². The molecule has 3 aromatic rings. The second kappa shape index (κ2) is 12.9. The molecule has 216 valence electrons. The van der Waals surface area contributed by atoms with Crippen LogP contribution in [0.15, 0.2) is 18.2 Å². The summed E-state index contributed by atoms with van der Waals surface area (Å²) in [5.74, 6) is -0.227. The minimum Gasteiger partial charge on any atom is -0.491 e. The Morgan fingerprint density at radius 3 is 2.62 bits per heavy atom. The second-order valence-corrected chi connectivity index (χ2v) is 9.84. The number of ether oxygens (including phenoxy) is 2. The van der Waals surface area contributed by atoms with Crippen molar-refractivity contribution in [3.8, 4) is 5.75 Å². The molecular formula is C27H38N8O5. The lowest BCUT2D eigenvalue weighted by Crippen LogP contribution is -2.54. The molecule has 0 spiro atoms. The van der Waals surface area contributed by atoms with Crippen LogP contribution in [0.2, 0.25) is 0 Å². The first kappa shape index (κ1) is 29.0. The molecule has 0 unspecified atom stereocenters. The Balaban J connectivity index is 1.48. The molecule has 0 aliphatic carbocycles. The summed E-state index contributed by atoms with van der Waals surface area (Å²) in [6.07, 6.45) is 1.53. The standard InChI is InChI=1S/C27H38N8O5/c1-5-9-34-24-20(30-27(34)31-26(38)21-11-17(3)32-35(21)6-2)12-18(25(28)37)13-22(24)40-10-7-8-29-23(36)16-33-14-19(15-33)39-4/h11-13,19H,5-10,14-16H2,1-4H3,(H2,28,37)(H,29,36)(H,30,31,38). The molecular weight excluding hydrogens is 516 g/mol. The van der Waals surface area contributed by atoms with E-state index in [0.717, 1.165) is 25.2 Å². The SMILES string of the molecule is CCCn1c(NC(=O)c2cc(C)nn2CC)nc2cc(C(N)=O)cc(OCCCNC(=O)CN3CC(OC)C3)c21. The van der Waals surface area contributed by atoms with Gasteiger partial charge in [0.05, 0.1) is 30.5 Å². The molecule has 2 aromatic heterocycles. The molecule has 13 heteroatoms. The number of primary amides is 1. The summed E-state index contributed by atoms with van der Waals surface area (Å²) in [6, 6.07) is 4.91. The van der Waals surface area contributed by atoms with E-state index in [1.54, 1.807) is 30.0 Å². The molecule has 0 atom stereocenters. The maximum atomic E-state index is 13.1. The van der Waals surface area contributed by atoms with Gasteiger partial charge in [0.2, 0.25) is 17.8 Å². The molecule has 1 aliphatic heterocycles. The fourth-order valence-corrected chi connectivity index (χ4v) is 4.70. The normalized spacial score (nSPS) is 13.8. The highest BCUT2D eigenvalue weighted by Crippen LogP contribution is 2.31. The lowest BCUT2D eigenvalue weighted by Gasteiger charge is -2.37. The molecule has 4 rings (SSSR count). The third-order valence-corrected chi connectivity index (χ3v) is 6.72. The number of likely N-dealkylation sites (tertiary alicyclic amines) is 1. The summed E-state index contributed by atoms with van der Waals surface area (Å²) >= 11 is 0. The molecule has 0 bridgehead atoms. The Bertz CT molecular complexity index is 1370. The first-order chi connectivity index (χ1) is 19.2. The van der Waals surface area contributed by atoms with Crippen LogP contribution < -0.4 is 21.1 Å². The van der Waals surface area contributed by atoms with Gasteiger partial charge in [0.1, 0.15) is 17.0 Å². The smallest absolute Gasteiger partial charge is 0.276 e. The molecule has 1 fully saturated rings. The van der Waals surface area contributed by atoms with Gasteiger partial charge < -0.3 is 25.1 Å². The molecule has 3 amide bonds. The molecule has 0 radical (unpaired) electrons. The average Bonchev–Trinajstić information content (AvgIpc) is 3.45. The predicted octanol–water partition coefficient (Wildman–Crippen LogP) is 1.54. The van der Waals surface area contributed by atoms with Crippen molar-refractivity contribution in [1.29, 1.82) is 0 Å². The Hall–Kier alpha value is -3.97. The van der Waals surface area contributed by atoms with Gasteiger partial charge in [-0.3, -0.25) is 29.3 Å². The number of fused-ring (bicyclic) bond motifs is 1. The van der Waals surface area contributed by atoms with E-state index < -0.39 is 5.91 Å². The van der Waals surface area contributed by atoms with Crippen LogP contribution in [0, 0.1) is 6.92 Å². The second-order valence-electron chi connectivity index (χ2n) is 9.84. The molecule has 1 aromatic carbocycles. The molecule has 0 saturated carbocycles. The van der Waals surface area contributed by atoms with E-state index in [2.05, 4.69) is 20.7 Å². The van der Waals surface area contributed by atoms with Crippen LogP contribution in [-0.2, 0) is 22.6 Å². The minimum atomic E-state index is -0.612. The van der Waals surface area contributed by atoms with Crippen LogP contribution in [0.1, 0.15) is 53.2 Å². The zero-order valence-corrected chi connectivity index (χ0v) is 23.5. The first-order valence-corrected chi connectivity index (χ1v) is 13.6. The number of hydrogen-bond donors (Lipinski definition) is 3. The van der Waals surface area contributed by atoms with Crippen molar-refractivity contribution in [2.45, 2.75) is 52.8 Å². The van der Waals surface area contributed by atoms with Gasteiger partial charge in [-0.2, -0.15) is 5.10 Å². The summed E-state index contributed by atoms with van der Waals surface area (Å²) in [7, 11) is 1.67. The van der Waals surface area contributed by atoms with Gasteiger partial charge >= 0.3 is 0 Å². The number of methoxy groups -OCH3 is 1.